The lowest BCUT2D eigenvalue weighted by molar-refractivity contribution is -0.129. The number of carbonyl (C=O) groups excluding carboxylic acids is 1. The van der Waals surface area contributed by atoms with Crippen LogP contribution in [0.3, 0.4) is 0 Å². The van der Waals surface area contributed by atoms with E-state index in [0.29, 0.717) is 12.1 Å². The zero-order valence-electron chi connectivity index (χ0n) is 8.23. The van der Waals surface area contributed by atoms with Crippen LogP contribution in [0, 0.1) is 0 Å². The SMILES string of the molecule is CCCNC(=O)[C@H](O)c1ccccc1. The molecule has 1 atom stereocenters. The molecule has 14 heavy (non-hydrogen) atoms. The number of aliphatic hydroxyl groups is 1. The van der Waals surface area contributed by atoms with Gasteiger partial charge in [-0.15, -0.1) is 0 Å². The highest BCUT2D eigenvalue weighted by atomic mass is 16.3. The van der Waals surface area contributed by atoms with E-state index < -0.39 is 6.10 Å². The minimum atomic E-state index is -1.05. The van der Waals surface area contributed by atoms with Gasteiger partial charge in [-0.05, 0) is 12.0 Å². The van der Waals surface area contributed by atoms with Gasteiger partial charge in [-0.3, -0.25) is 4.79 Å². The van der Waals surface area contributed by atoms with Gasteiger partial charge >= 0.3 is 0 Å². The van der Waals surface area contributed by atoms with Crippen molar-refractivity contribution in [3.63, 3.8) is 0 Å². The van der Waals surface area contributed by atoms with Crippen molar-refractivity contribution >= 4 is 5.91 Å². The molecule has 2 N–H and O–H groups in total. The second-order valence-corrected chi connectivity index (χ2v) is 3.10. The van der Waals surface area contributed by atoms with Crippen molar-refractivity contribution in [2.75, 3.05) is 6.54 Å². The Kier molecular flexibility index (Phi) is 4.13. The van der Waals surface area contributed by atoms with Crippen LogP contribution in [-0.4, -0.2) is 17.6 Å². The molecule has 0 aliphatic rings. The van der Waals surface area contributed by atoms with E-state index in [9.17, 15) is 9.90 Å². The number of amides is 1. The Hall–Kier alpha value is -1.35. The van der Waals surface area contributed by atoms with Gasteiger partial charge in [-0.25, -0.2) is 0 Å². The van der Waals surface area contributed by atoms with Gasteiger partial charge in [0.1, 0.15) is 0 Å². The highest BCUT2D eigenvalue weighted by Gasteiger charge is 2.15. The third-order valence-corrected chi connectivity index (χ3v) is 1.91. The predicted molar refractivity (Wildman–Crippen MR) is 54.7 cm³/mol. The largest absolute Gasteiger partial charge is 0.378 e. The first-order chi connectivity index (χ1) is 6.75. The van der Waals surface area contributed by atoms with E-state index in [1.54, 1.807) is 24.3 Å². The van der Waals surface area contributed by atoms with Gasteiger partial charge in [0.05, 0.1) is 0 Å². The Morgan fingerprint density at radius 1 is 1.43 bits per heavy atom. The second kappa shape index (κ2) is 5.40. The molecule has 0 aromatic heterocycles. The summed E-state index contributed by atoms with van der Waals surface area (Å²) in [6.07, 6.45) is -0.185. The fourth-order valence-corrected chi connectivity index (χ4v) is 1.13. The third-order valence-electron chi connectivity index (χ3n) is 1.91. The maximum Gasteiger partial charge on any atom is 0.253 e. The highest BCUT2D eigenvalue weighted by molar-refractivity contribution is 5.81. The molecule has 1 rings (SSSR count). The van der Waals surface area contributed by atoms with Gasteiger partial charge in [0.2, 0.25) is 0 Å². The molecule has 0 bridgehead atoms. The summed E-state index contributed by atoms with van der Waals surface area (Å²) in [4.78, 5) is 11.3. The number of aliphatic hydroxyl groups excluding tert-OH is 1. The lowest BCUT2D eigenvalue weighted by atomic mass is 10.1. The second-order valence-electron chi connectivity index (χ2n) is 3.10. The minimum absolute atomic E-state index is 0.335. The number of carbonyl (C=O) groups is 1. The monoisotopic (exact) mass is 193 g/mol. The molecule has 0 fully saturated rings. The quantitative estimate of drug-likeness (QED) is 0.756. The van der Waals surface area contributed by atoms with Crippen molar-refractivity contribution in [3.8, 4) is 0 Å². The van der Waals surface area contributed by atoms with E-state index in [2.05, 4.69) is 5.32 Å². The van der Waals surface area contributed by atoms with E-state index in [1.165, 1.54) is 0 Å². The zero-order valence-corrected chi connectivity index (χ0v) is 8.23. The van der Waals surface area contributed by atoms with E-state index in [0.717, 1.165) is 6.42 Å². The number of hydrogen-bond donors (Lipinski definition) is 2. The van der Waals surface area contributed by atoms with E-state index >= 15 is 0 Å². The van der Waals surface area contributed by atoms with Crippen molar-refractivity contribution in [2.24, 2.45) is 0 Å². The summed E-state index contributed by atoms with van der Waals surface area (Å²) in [5, 5.41) is 12.2. The molecule has 76 valence electrons. The van der Waals surface area contributed by atoms with Crippen molar-refractivity contribution in [3.05, 3.63) is 35.9 Å². The highest BCUT2D eigenvalue weighted by Crippen LogP contribution is 2.11. The number of nitrogens with one attached hydrogen (secondary N) is 1. The molecule has 1 amide bonds. The summed E-state index contributed by atoms with van der Waals surface area (Å²) in [5.41, 5.74) is 0.626. The van der Waals surface area contributed by atoms with Crippen LogP contribution in [0.25, 0.3) is 0 Å². The van der Waals surface area contributed by atoms with Crippen molar-refractivity contribution in [1.29, 1.82) is 0 Å². The molecule has 0 heterocycles. The molecular formula is C11H15NO2. The maximum atomic E-state index is 11.3. The predicted octanol–water partition coefficient (Wildman–Crippen LogP) is 1.25. The molecule has 0 aliphatic carbocycles. The van der Waals surface area contributed by atoms with Crippen LogP contribution in [0.4, 0.5) is 0 Å². The van der Waals surface area contributed by atoms with E-state index in [1.807, 2.05) is 13.0 Å². The van der Waals surface area contributed by atoms with E-state index in [-0.39, 0.29) is 5.91 Å². The van der Waals surface area contributed by atoms with Crippen molar-refractivity contribution < 1.29 is 9.90 Å². The van der Waals surface area contributed by atoms with Crippen LogP contribution < -0.4 is 5.32 Å². The molecule has 0 unspecified atom stereocenters. The van der Waals surface area contributed by atoms with Crippen LogP contribution in [0.1, 0.15) is 25.0 Å². The first kappa shape index (κ1) is 10.7. The van der Waals surface area contributed by atoms with Crippen molar-refractivity contribution in [1.82, 2.24) is 5.32 Å². The molecule has 3 heteroatoms. The molecule has 0 radical (unpaired) electrons. The molecule has 0 saturated heterocycles. The van der Waals surface area contributed by atoms with E-state index in [4.69, 9.17) is 0 Å². The lowest BCUT2D eigenvalue weighted by Crippen LogP contribution is -2.29. The first-order valence-corrected chi connectivity index (χ1v) is 4.76. The standard InChI is InChI=1S/C11H15NO2/c1-2-8-12-11(14)10(13)9-6-4-3-5-7-9/h3-7,10,13H,2,8H2,1H3,(H,12,14)/t10-/m1/s1. The molecule has 0 aliphatic heterocycles. The first-order valence-electron chi connectivity index (χ1n) is 4.76. The summed E-state index contributed by atoms with van der Waals surface area (Å²) in [5.74, 6) is -0.335. The topological polar surface area (TPSA) is 49.3 Å². The summed E-state index contributed by atoms with van der Waals surface area (Å²) in [6, 6.07) is 8.91. The van der Waals surface area contributed by atoms with Gasteiger partial charge < -0.3 is 10.4 Å². The summed E-state index contributed by atoms with van der Waals surface area (Å²) in [6.45, 7) is 2.57. The van der Waals surface area contributed by atoms with Gasteiger partial charge in [0.25, 0.3) is 5.91 Å². The smallest absolute Gasteiger partial charge is 0.253 e. The summed E-state index contributed by atoms with van der Waals surface area (Å²) in [7, 11) is 0. The maximum absolute atomic E-state index is 11.3. The Bertz CT molecular complexity index is 285. The molecule has 0 spiro atoms. The average Bonchev–Trinajstić information content (AvgIpc) is 2.26. The Morgan fingerprint density at radius 3 is 2.64 bits per heavy atom. The molecule has 3 nitrogen and oxygen atoms in total. The Labute approximate surface area is 83.8 Å². The van der Waals surface area contributed by atoms with Gasteiger partial charge in [-0.2, -0.15) is 0 Å². The van der Waals surface area contributed by atoms with Gasteiger partial charge in [0.15, 0.2) is 6.10 Å². The number of rotatable bonds is 4. The third kappa shape index (κ3) is 2.85. The zero-order chi connectivity index (χ0) is 10.4. The lowest BCUT2D eigenvalue weighted by Gasteiger charge is -2.10. The van der Waals surface area contributed by atoms with Crippen LogP contribution in [-0.2, 0) is 4.79 Å². The van der Waals surface area contributed by atoms with Crippen LogP contribution in [0.5, 0.6) is 0 Å². The number of hydrogen-bond acceptors (Lipinski definition) is 2. The minimum Gasteiger partial charge on any atom is -0.378 e. The van der Waals surface area contributed by atoms with Crippen LogP contribution in [0.15, 0.2) is 30.3 Å². The van der Waals surface area contributed by atoms with Gasteiger partial charge in [-0.1, -0.05) is 37.3 Å². The normalized spacial score (nSPS) is 12.1. The van der Waals surface area contributed by atoms with Crippen molar-refractivity contribution in [2.45, 2.75) is 19.4 Å². The fraction of sp³-hybridized carbons (Fsp3) is 0.364. The van der Waals surface area contributed by atoms with Crippen LogP contribution in [0.2, 0.25) is 0 Å². The van der Waals surface area contributed by atoms with Crippen LogP contribution >= 0.6 is 0 Å². The molecule has 1 aromatic carbocycles. The number of benzene rings is 1. The summed E-state index contributed by atoms with van der Waals surface area (Å²) >= 11 is 0. The fourth-order valence-electron chi connectivity index (χ4n) is 1.13. The molecule has 1 aromatic rings. The molecule has 0 saturated carbocycles. The van der Waals surface area contributed by atoms with Gasteiger partial charge in [0, 0.05) is 6.54 Å². The Morgan fingerprint density at radius 2 is 2.07 bits per heavy atom. The Balaban J connectivity index is 2.57. The average molecular weight is 193 g/mol. The summed E-state index contributed by atoms with van der Waals surface area (Å²) < 4.78 is 0. The molecular weight excluding hydrogens is 178 g/mol.